The molecule has 0 amide bonds. The highest BCUT2D eigenvalue weighted by Crippen LogP contribution is 2.21. The van der Waals surface area contributed by atoms with Crippen LogP contribution < -0.4 is 0 Å². The van der Waals surface area contributed by atoms with Crippen molar-refractivity contribution in [2.24, 2.45) is 0 Å². The molecule has 120 valence electrons. The molecule has 1 saturated heterocycles. The van der Waals surface area contributed by atoms with Crippen molar-refractivity contribution in [2.75, 3.05) is 32.8 Å². The molecule has 0 radical (unpaired) electrons. The van der Waals surface area contributed by atoms with Crippen LogP contribution in [0.3, 0.4) is 0 Å². The quantitative estimate of drug-likeness (QED) is 0.254. The summed E-state index contributed by atoms with van der Waals surface area (Å²) in [5.41, 5.74) is 0. The average Bonchev–Trinajstić information content (AvgIpc) is 3.22. The summed E-state index contributed by atoms with van der Waals surface area (Å²) in [4.78, 5) is 0. The summed E-state index contributed by atoms with van der Waals surface area (Å²) in [6.07, 6.45) is 13.2. The Labute approximate surface area is 127 Å². The molecular formula is C18H38NO+. The van der Waals surface area contributed by atoms with Crippen molar-refractivity contribution in [1.82, 2.24) is 0 Å². The Morgan fingerprint density at radius 3 is 1.80 bits per heavy atom. The Morgan fingerprint density at radius 1 is 0.750 bits per heavy atom. The summed E-state index contributed by atoms with van der Waals surface area (Å²) >= 11 is 0. The fourth-order valence-corrected chi connectivity index (χ4v) is 3.57. The van der Waals surface area contributed by atoms with Crippen LogP contribution in [0.5, 0.6) is 0 Å². The van der Waals surface area contributed by atoms with Crippen LogP contribution in [0, 0.1) is 0 Å². The molecule has 0 aliphatic carbocycles. The largest absolute Gasteiger partial charge is 0.367 e. The van der Waals surface area contributed by atoms with Gasteiger partial charge in [0.05, 0.1) is 26.2 Å². The van der Waals surface area contributed by atoms with E-state index in [2.05, 4.69) is 20.8 Å². The summed E-state index contributed by atoms with van der Waals surface area (Å²) in [6, 6.07) is 0. The van der Waals surface area contributed by atoms with Crippen molar-refractivity contribution in [3.05, 3.63) is 0 Å². The predicted molar refractivity (Wildman–Crippen MR) is 88.0 cm³/mol. The third-order valence-corrected chi connectivity index (χ3v) is 4.63. The molecule has 20 heavy (non-hydrogen) atoms. The minimum absolute atomic E-state index is 0.581. The van der Waals surface area contributed by atoms with Gasteiger partial charge in [-0.1, -0.05) is 52.9 Å². The summed E-state index contributed by atoms with van der Waals surface area (Å²) in [5.74, 6) is 0. The number of hydrogen-bond acceptors (Lipinski definition) is 1. The number of quaternary nitrogens is 1. The van der Waals surface area contributed by atoms with Crippen molar-refractivity contribution in [3.63, 3.8) is 0 Å². The van der Waals surface area contributed by atoms with Crippen LogP contribution in [-0.4, -0.2) is 43.4 Å². The molecule has 0 bridgehead atoms. The van der Waals surface area contributed by atoms with E-state index in [9.17, 15) is 0 Å². The number of epoxide rings is 1. The Balaban J connectivity index is 2.23. The van der Waals surface area contributed by atoms with Gasteiger partial charge in [0.1, 0.15) is 12.6 Å². The first kappa shape index (κ1) is 18.0. The van der Waals surface area contributed by atoms with Crippen LogP contribution in [0.25, 0.3) is 0 Å². The van der Waals surface area contributed by atoms with Gasteiger partial charge in [-0.25, -0.2) is 0 Å². The van der Waals surface area contributed by atoms with Crippen LogP contribution in [0.4, 0.5) is 0 Å². The molecule has 1 heterocycles. The standard InChI is InChI=1S/C18H38NO/c1-4-7-8-9-10-11-12-15-19(13-5-2,14-6-3)16-18-17-20-18/h18H,4-17H2,1-3H3/q+1. The first-order chi connectivity index (χ1) is 9.76. The smallest absolute Gasteiger partial charge is 0.130 e. The van der Waals surface area contributed by atoms with Crippen molar-refractivity contribution < 1.29 is 9.22 Å². The average molecular weight is 285 g/mol. The van der Waals surface area contributed by atoms with E-state index in [1.165, 1.54) is 88.4 Å². The van der Waals surface area contributed by atoms with Crippen LogP contribution >= 0.6 is 0 Å². The lowest BCUT2D eigenvalue weighted by atomic mass is 10.1. The number of unbranched alkanes of at least 4 members (excludes halogenated alkanes) is 6. The Hall–Kier alpha value is -0.0800. The number of hydrogen-bond donors (Lipinski definition) is 0. The lowest BCUT2D eigenvalue weighted by Crippen LogP contribution is -2.52. The summed E-state index contributed by atoms with van der Waals surface area (Å²) in [5, 5.41) is 0. The van der Waals surface area contributed by atoms with Crippen LogP contribution in [-0.2, 0) is 4.74 Å². The van der Waals surface area contributed by atoms with Crippen molar-refractivity contribution in [3.8, 4) is 0 Å². The van der Waals surface area contributed by atoms with Gasteiger partial charge in [0, 0.05) is 0 Å². The predicted octanol–water partition coefficient (Wildman–Crippen LogP) is 4.77. The van der Waals surface area contributed by atoms with E-state index in [1.54, 1.807) is 0 Å². The Kier molecular flexibility index (Phi) is 9.54. The molecule has 1 rings (SSSR count). The van der Waals surface area contributed by atoms with Crippen LogP contribution in [0.2, 0.25) is 0 Å². The van der Waals surface area contributed by atoms with Gasteiger partial charge in [0.25, 0.3) is 0 Å². The van der Waals surface area contributed by atoms with Gasteiger partial charge in [0.15, 0.2) is 0 Å². The first-order valence-electron chi connectivity index (χ1n) is 9.23. The van der Waals surface area contributed by atoms with E-state index < -0.39 is 0 Å². The van der Waals surface area contributed by atoms with E-state index in [0.29, 0.717) is 6.10 Å². The van der Waals surface area contributed by atoms with Gasteiger partial charge in [-0.3, -0.25) is 0 Å². The highest BCUT2D eigenvalue weighted by Gasteiger charge is 2.35. The number of rotatable bonds is 14. The summed E-state index contributed by atoms with van der Waals surface area (Å²) in [7, 11) is 0. The molecular weight excluding hydrogens is 246 g/mol. The van der Waals surface area contributed by atoms with Gasteiger partial charge in [-0.15, -0.1) is 0 Å². The Morgan fingerprint density at radius 2 is 1.30 bits per heavy atom. The molecule has 0 spiro atoms. The highest BCUT2D eigenvalue weighted by atomic mass is 16.6. The normalized spacial score (nSPS) is 18.4. The second kappa shape index (κ2) is 10.6. The second-order valence-electron chi connectivity index (χ2n) is 6.77. The number of nitrogens with zero attached hydrogens (tertiary/aromatic N) is 1. The molecule has 0 aromatic heterocycles. The molecule has 0 saturated carbocycles. The number of ether oxygens (including phenoxy) is 1. The van der Waals surface area contributed by atoms with E-state index in [1.807, 2.05) is 0 Å². The van der Waals surface area contributed by atoms with Gasteiger partial charge in [0.2, 0.25) is 0 Å². The molecule has 1 aliphatic rings. The van der Waals surface area contributed by atoms with Gasteiger partial charge in [-0.05, 0) is 25.7 Å². The topological polar surface area (TPSA) is 12.5 Å². The fraction of sp³-hybridized carbons (Fsp3) is 1.00. The van der Waals surface area contributed by atoms with E-state index >= 15 is 0 Å². The highest BCUT2D eigenvalue weighted by molar-refractivity contribution is 4.69. The van der Waals surface area contributed by atoms with E-state index in [4.69, 9.17) is 4.74 Å². The monoisotopic (exact) mass is 284 g/mol. The van der Waals surface area contributed by atoms with E-state index in [0.717, 1.165) is 6.61 Å². The van der Waals surface area contributed by atoms with Crippen LogP contribution in [0.15, 0.2) is 0 Å². The molecule has 2 nitrogen and oxygen atoms in total. The van der Waals surface area contributed by atoms with Crippen molar-refractivity contribution >= 4 is 0 Å². The molecule has 1 fully saturated rings. The molecule has 1 aliphatic heterocycles. The zero-order valence-electron chi connectivity index (χ0n) is 14.3. The maximum Gasteiger partial charge on any atom is 0.130 e. The lowest BCUT2D eigenvalue weighted by Gasteiger charge is -2.38. The first-order valence-corrected chi connectivity index (χ1v) is 9.23. The van der Waals surface area contributed by atoms with Crippen molar-refractivity contribution in [2.45, 2.75) is 84.7 Å². The van der Waals surface area contributed by atoms with Crippen LogP contribution in [0.1, 0.15) is 78.6 Å². The fourth-order valence-electron chi connectivity index (χ4n) is 3.57. The minimum atomic E-state index is 0.581. The molecule has 2 heteroatoms. The summed E-state index contributed by atoms with van der Waals surface area (Å²) < 4.78 is 6.84. The zero-order valence-corrected chi connectivity index (χ0v) is 14.3. The maximum atomic E-state index is 5.51. The van der Waals surface area contributed by atoms with Gasteiger partial charge in [-0.2, -0.15) is 0 Å². The molecule has 0 aromatic rings. The maximum absolute atomic E-state index is 5.51. The molecule has 1 unspecified atom stereocenters. The minimum Gasteiger partial charge on any atom is -0.367 e. The SMILES string of the molecule is CCCCCCCCC[N+](CCC)(CCC)CC1CO1. The molecule has 0 N–H and O–H groups in total. The third-order valence-electron chi connectivity index (χ3n) is 4.63. The van der Waals surface area contributed by atoms with E-state index in [-0.39, 0.29) is 0 Å². The second-order valence-corrected chi connectivity index (χ2v) is 6.77. The zero-order chi connectivity index (χ0) is 14.7. The van der Waals surface area contributed by atoms with Gasteiger partial charge >= 0.3 is 0 Å². The molecule has 0 aromatic carbocycles. The van der Waals surface area contributed by atoms with Gasteiger partial charge < -0.3 is 9.22 Å². The van der Waals surface area contributed by atoms with Crippen molar-refractivity contribution in [1.29, 1.82) is 0 Å². The third kappa shape index (κ3) is 7.64. The molecule has 1 atom stereocenters. The Bertz CT molecular complexity index is 219. The lowest BCUT2D eigenvalue weighted by molar-refractivity contribution is -0.929. The summed E-state index contributed by atoms with van der Waals surface area (Å²) in [6.45, 7) is 13.3.